The molecule has 9 heavy (non-hydrogen) atoms. The first-order valence-corrected chi connectivity index (χ1v) is 3.38. The van der Waals surface area contributed by atoms with Gasteiger partial charge in [0.1, 0.15) is 0 Å². The molecule has 4 N–H and O–H groups in total. The summed E-state index contributed by atoms with van der Waals surface area (Å²) in [4.78, 5) is 0. The van der Waals surface area contributed by atoms with E-state index in [1.54, 1.807) is 0 Å². The second-order valence-electron chi connectivity index (χ2n) is 2.52. The van der Waals surface area contributed by atoms with E-state index in [2.05, 4.69) is 0 Å². The summed E-state index contributed by atoms with van der Waals surface area (Å²) in [5.74, 6) is 0.388. The van der Waals surface area contributed by atoms with Crippen molar-refractivity contribution in [2.45, 2.75) is 12.5 Å². The maximum Gasteiger partial charge on any atom is 0.0521 e. The van der Waals surface area contributed by atoms with Gasteiger partial charge in [0.15, 0.2) is 0 Å². The average molecular weight is 130 g/mol. The van der Waals surface area contributed by atoms with Gasteiger partial charge in [-0.3, -0.25) is 0 Å². The van der Waals surface area contributed by atoms with Crippen molar-refractivity contribution >= 4 is 0 Å². The Kier molecular flexibility index (Phi) is 2.45. The van der Waals surface area contributed by atoms with Gasteiger partial charge in [-0.2, -0.15) is 0 Å². The van der Waals surface area contributed by atoms with Crippen LogP contribution in [-0.4, -0.2) is 25.8 Å². The monoisotopic (exact) mass is 130 g/mol. The molecule has 0 aromatic rings. The summed E-state index contributed by atoms with van der Waals surface area (Å²) in [6.07, 6.45) is 0.960. The summed E-state index contributed by atoms with van der Waals surface area (Å²) in [6, 6.07) is 0.267. The number of hydrogen-bond donors (Lipinski definition) is 2. The highest BCUT2D eigenvalue weighted by molar-refractivity contribution is 4.76. The molecule has 3 nitrogen and oxygen atoms in total. The smallest absolute Gasteiger partial charge is 0.0521 e. The number of rotatable bonds is 1. The first-order valence-electron chi connectivity index (χ1n) is 3.38. The van der Waals surface area contributed by atoms with Crippen LogP contribution in [0.2, 0.25) is 0 Å². The molecule has 2 atom stereocenters. The van der Waals surface area contributed by atoms with Gasteiger partial charge in [0.2, 0.25) is 0 Å². The minimum Gasteiger partial charge on any atom is -0.381 e. The number of hydrogen-bond acceptors (Lipinski definition) is 3. The Morgan fingerprint density at radius 3 is 2.78 bits per heavy atom. The van der Waals surface area contributed by atoms with Gasteiger partial charge in [0.25, 0.3) is 0 Å². The Balaban J connectivity index is 2.30. The molecule has 1 aliphatic rings. The minimum atomic E-state index is 0.267. The maximum absolute atomic E-state index is 5.73. The molecule has 0 bridgehead atoms. The van der Waals surface area contributed by atoms with Crippen LogP contribution in [0.15, 0.2) is 0 Å². The quantitative estimate of drug-likeness (QED) is 0.494. The predicted octanol–water partition coefficient (Wildman–Crippen LogP) is -0.691. The minimum absolute atomic E-state index is 0.267. The molecule has 0 unspecified atom stereocenters. The van der Waals surface area contributed by atoms with Gasteiger partial charge in [-0.05, 0) is 13.0 Å². The molecule has 0 aromatic heterocycles. The lowest BCUT2D eigenvalue weighted by Gasteiger charge is -2.27. The van der Waals surface area contributed by atoms with Crippen molar-refractivity contribution in [3.8, 4) is 0 Å². The molecule has 0 spiro atoms. The molecule has 1 rings (SSSR count). The van der Waals surface area contributed by atoms with Crippen LogP contribution in [0.1, 0.15) is 6.42 Å². The zero-order valence-electron chi connectivity index (χ0n) is 5.55. The van der Waals surface area contributed by atoms with Crippen molar-refractivity contribution < 1.29 is 4.74 Å². The average Bonchev–Trinajstić information content (AvgIpc) is 1.89. The SMILES string of the molecule is NC[C@@H]1COCC[C@@H]1N. The molecule has 1 heterocycles. The van der Waals surface area contributed by atoms with E-state index < -0.39 is 0 Å². The Bertz CT molecular complexity index is 87.1. The fourth-order valence-electron chi connectivity index (χ4n) is 1.06. The maximum atomic E-state index is 5.73. The molecule has 1 fully saturated rings. The van der Waals surface area contributed by atoms with E-state index in [0.717, 1.165) is 19.6 Å². The van der Waals surface area contributed by atoms with Gasteiger partial charge < -0.3 is 16.2 Å². The largest absolute Gasteiger partial charge is 0.381 e. The summed E-state index contributed by atoms with van der Waals surface area (Å²) in [5.41, 5.74) is 11.2. The molecule has 0 aliphatic carbocycles. The molecular weight excluding hydrogens is 116 g/mol. The van der Waals surface area contributed by atoms with E-state index in [1.807, 2.05) is 0 Å². The summed E-state index contributed by atoms with van der Waals surface area (Å²) >= 11 is 0. The van der Waals surface area contributed by atoms with Crippen LogP contribution in [0.5, 0.6) is 0 Å². The molecule has 0 aromatic carbocycles. The summed E-state index contributed by atoms with van der Waals surface area (Å²) < 4.78 is 5.18. The van der Waals surface area contributed by atoms with Crippen molar-refractivity contribution in [1.29, 1.82) is 0 Å². The van der Waals surface area contributed by atoms with Gasteiger partial charge >= 0.3 is 0 Å². The first-order chi connectivity index (χ1) is 4.34. The van der Waals surface area contributed by atoms with Crippen LogP contribution >= 0.6 is 0 Å². The lowest BCUT2D eigenvalue weighted by atomic mass is 9.97. The van der Waals surface area contributed by atoms with Gasteiger partial charge in [0, 0.05) is 18.6 Å². The van der Waals surface area contributed by atoms with Crippen LogP contribution in [0, 0.1) is 5.92 Å². The standard InChI is InChI=1S/C6H14N2O/c7-3-5-4-9-2-1-6(5)8/h5-6H,1-4,7-8H2/t5-,6+/m1/s1. The zero-order valence-corrected chi connectivity index (χ0v) is 5.55. The van der Waals surface area contributed by atoms with Crippen molar-refractivity contribution in [2.75, 3.05) is 19.8 Å². The zero-order chi connectivity index (χ0) is 6.69. The van der Waals surface area contributed by atoms with E-state index in [1.165, 1.54) is 0 Å². The topological polar surface area (TPSA) is 61.3 Å². The Morgan fingerprint density at radius 1 is 1.56 bits per heavy atom. The van der Waals surface area contributed by atoms with E-state index in [4.69, 9.17) is 16.2 Å². The van der Waals surface area contributed by atoms with Gasteiger partial charge in [-0.1, -0.05) is 0 Å². The second kappa shape index (κ2) is 3.15. The molecule has 1 aliphatic heterocycles. The highest BCUT2D eigenvalue weighted by Gasteiger charge is 2.20. The molecular formula is C6H14N2O. The van der Waals surface area contributed by atoms with Crippen LogP contribution in [-0.2, 0) is 4.74 Å². The Morgan fingerprint density at radius 2 is 2.33 bits per heavy atom. The third-order valence-corrected chi connectivity index (χ3v) is 1.84. The Hall–Kier alpha value is -0.120. The lowest BCUT2D eigenvalue weighted by molar-refractivity contribution is 0.0454. The molecule has 0 radical (unpaired) electrons. The summed E-state index contributed by atoms with van der Waals surface area (Å²) in [6.45, 7) is 2.20. The second-order valence-corrected chi connectivity index (χ2v) is 2.52. The van der Waals surface area contributed by atoms with E-state index in [9.17, 15) is 0 Å². The molecule has 54 valence electrons. The molecule has 0 saturated carbocycles. The lowest BCUT2D eigenvalue weighted by Crippen LogP contribution is -2.42. The highest BCUT2D eigenvalue weighted by Crippen LogP contribution is 2.10. The van der Waals surface area contributed by atoms with E-state index >= 15 is 0 Å². The number of nitrogens with two attached hydrogens (primary N) is 2. The van der Waals surface area contributed by atoms with Gasteiger partial charge in [-0.25, -0.2) is 0 Å². The predicted molar refractivity (Wildman–Crippen MR) is 36.0 cm³/mol. The third kappa shape index (κ3) is 1.64. The number of ether oxygens (including phenoxy) is 1. The van der Waals surface area contributed by atoms with Crippen molar-refractivity contribution in [3.05, 3.63) is 0 Å². The Labute approximate surface area is 55.4 Å². The van der Waals surface area contributed by atoms with Crippen molar-refractivity contribution in [2.24, 2.45) is 17.4 Å². The summed E-state index contributed by atoms with van der Waals surface area (Å²) in [5, 5.41) is 0. The van der Waals surface area contributed by atoms with Crippen LogP contribution in [0.3, 0.4) is 0 Å². The molecule has 3 heteroatoms. The molecule has 0 amide bonds. The van der Waals surface area contributed by atoms with Crippen LogP contribution < -0.4 is 11.5 Å². The summed E-state index contributed by atoms with van der Waals surface area (Å²) in [7, 11) is 0. The van der Waals surface area contributed by atoms with Gasteiger partial charge in [-0.15, -0.1) is 0 Å². The fraction of sp³-hybridized carbons (Fsp3) is 1.00. The van der Waals surface area contributed by atoms with Gasteiger partial charge in [0.05, 0.1) is 6.61 Å². The third-order valence-electron chi connectivity index (χ3n) is 1.84. The van der Waals surface area contributed by atoms with E-state index in [0.29, 0.717) is 12.5 Å². The van der Waals surface area contributed by atoms with Crippen LogP contribution in [0.4, 0.5) is 0 Å². The fourth-order valence-corrected chi connectivity index (χ4v) is 1.06. The normalized spacial score (nSPS) is 36.7. The van der Waals surface area contributed by atoms with Crippen molar-refractivity contribution in [1.82, 2.24) is 0 Å². The highest BCUT2D eigenvalue weighted by atomic mass is 16.5. The van der Waals surface area contributed by atoms with Crippen molar-refractivity contribution in [3.63, 3.8) is 0 Å². The van der Waals surface area contributed by atoms with Crippen LogP contribution in [0.25, 0.3) is 0 Å². The molecule has 1 saturated heterocycles. The first kappa shape index (κ1) is 6.99. The van der Waals surface area contributed by atoms with E-state index in [-0.39, 0.29) is 6.04 Å².